The molecule has 1 heterocycles. The third kappa shape index (κ3) is 2.34. The molecule has 1 aromatic heterocycles. The lowest BCUT2D eigenvalue weighted by molar-refractivity contribution is 0.300. The van der Waals surface area contributed by atoms with Gasteiger partial charge in [0.1, 0.15) is 0 Å². The molecule has 108 valence electrons. The maximum Gasteiger partial charge on any atom is 0.208 e. The third-order valence-corrected chi connectivity index (χ3v) is 5.30. The minimum Gasteiger partial charge on any atom is -0.396 e. The second-order valence-electron chi connectivity index (χ2n) is 4.78. The molecule has 0 aliphatic heterocycles. The molecule has 0 spiro atoms. The summed E-state index contributed by atoms with van der Waals surface area (Å²) in [6, 6.07) is 13.9. The van der Waals surface area contributed by atoms with Gasteiger partial charge in [0.05, 0.1) is 15.3 Å². The number of aromatic amines is 1. The van der Waals surface area contributed by atoms with E-state index >= 15 is 0 Å². The number of aromatic nitrogens is 1. The summed E-state index contributed by atoms with van der Waals surface area (Å²) in [6.45, 7) is 0.0267. The molecule has 21 heavy (non-hydrogen) atoms. The molecule has 0 unspecified atom stereocenters. The maximum absolute atomic E-state index is 12.7. The topological polar surface area (TPSA) is 70.2 Å². The predicted octanol–water partition coefficient (Wildman–Crippen LogP) is 2.54. The summed E-state index contributed by atoms with van der Waals surface area (Å²) in [4.78, 5) is 3.57. The molecule has 4 nitrogen and oxygen atoms in total. The monoisotopic (exact) mass is 301 g/mol. The number of benzene rings is 2. The summed E-state index contributed by atoms with van der Waals surface area (Å²) in [5.41, 5.74) is 1.67. The minimum atomic E-state index is -3.55. The van der Waals surface area contributed by atoms with Crippen LogP contribution in [0.1, 0.15) is 5.56 Å². The Balaban J connectivity index is 2.20. The Morgan fingerprint density at radius 3 is 2.48 bits per heavy atom. The number of hydrogen-bond acceptors (Lipinski definition) is 3. The van der Waals surface area contributed by atoms with Gasteiger partial charge in [-0.3, -0.25) is 0 Å². The highest BCUT2D eigenvalue weighted by Crippen LogP contribution is 2.29. The van der Waals surface area contributed by atoms with Crippen molar-refractivity contribution in [3.8, 4) is 0 Å². The Morgan fingerprint density at radius 1 is 1.00 bits per heavy atom. The highest BCUT2D eigenvalue weighted by molar-refractivity contribution is 7.91. The van der Waals surface area contributed by atoms with E-state index in [-0.39, 0.29) is 16.4 Å². The van der Waals surface area contributed by atoms with Crippen molar-refractivity contribution in [1.82, 2.24) is 4.98 Å². The first-order chi connectivity index (χ1) is 10.1. The van der Waals surface area contributed by atoms with Crippen molar-refractivity contribution in [2.75, 3.05) is 6.61 Å². The van der Waals surface area contributed by atoms with Crippen molar-refractivity contribution in [3.05, 3.63) is 60.3 Å². The van der Waals surface area contributed by atoms with E-state index in [2.05, 4.69) is 4.98 Å². The van der Waals surface area contributed by atoms with Crippen LogP contribution in [-0.4, -0.2) is 25.1 Å². The zero-order valence-corrected chi connectivity index (χ0v) is 12.1. The largest absolute Gasteiger partial charge is 0.396 e. The highest BCUT2D eigenvalue weighted by Gasteiger charge is 2.21. The minimum absolute atomic E-state index is 0.0267. The first kappa shape index (κ1) is 13.9. The number of H-pyrrole nitrogens is 1. The molecule has 0 bridgehead atoms. The summed E-state index contributed by atoms with van der Waals surface area (Å²) >= 11 is 0. The van der Waals surface area contributed by atoms with Crippen molar-refractivity contribution in [2.45, 2.75) is 16.2 Å². The number of aliphatic hydroxyl groups excluding tert-OH is 1. The molecule has 0 atom stereocenters. The molecule has 0 amide bonds. The van der Waals surface area contributed by atoms with Crippen molar-refractivity contribution >= 4 is 20.7 Å². The van der Waals surface area contributed by atoms with Gasteiger partial charge < -0.3 is 10.1 Å². The molecule has 3 rings (SSSR count). The van der Waals surface area contributed by atoms with Crippen LogP contribution in [0.15, 0.2) is 64.5 Å². The van der Waals surface area contributed by atoms with Gasteiger partial charge >= 0.3 is 0 Å². The molecule has 2 aromatic carbocycles. The molecular weight excluding hydrogens is 286 g/mol. The molecular formula is C16H15NO3S. The molecule has 0 radical (unpaired) electrons. The molecule has 0 aliphatic carbocycles. The van der Waals surface area contributed by atoms with E-state index in [0.29, 0.717) is 11.8 Å². The number of aliphatic hydroxyl groups is 1. The lowest BCUT2D eigenvalue weighted by Gasteiger charge is -2.04. The smallest absolute Gasteiger partial charge is 0.208 e. The van der Waals surface area contributed by atoms with Crippen LogP contribution >= 0.6 is 0 Å². The summed E-state index contributed by atoms with van der Waals surface area (Å²) < 4.78 is 25.4. The Labute approximate surface area is 123 Å². The fraction of sp³-hybridized carbons (Fsp3) is 0.125. The van der Waals surface area contributed by atoms with Crippen LogP contribution in [0.5, 0.6) is 0 Å². The van der Waals surface area contributed by atoms with Crippen molar-refractivity contribution < 1.29 is 13.5 Å². The number of sulfone groups is 1. The first-order valence-electron chi connectivity index (χ1n) is 6.64. The van der Waals surface area contributed by atoms with Crippen molar-refractivity contribution in [2.24, 2.45) is 0 Å². The average molecular weight is 301 g/mol. The predicted molar refractivity (Wildman–Crippen MR) is 81.0 cm³/mol. The Morgan fingerprint density at radius 2 is 1.76 bits per heavy atom. The fourth-order valence-corrected chi connectivity index (χ4v) is 3.91. The van der Waals surface area contributed by atoms with Gasteiger partial charge in [-0.25, -0.2) is 8.42 Å². The van der Waals surface area contributed by atoms with E-state index in [0.717, 1.165) is 11.1 Å². The van der Waals surface area contributed by atoms with Gasteiger partial charge in [0.15, 0.2) is 0 Å². The number of rotatable bonds is 4. The standard InChI is InChI=1S/C16H15NO3S/c18-10-9-12-5-4-8-14-15(11-17-16(12)14)21(19,20)13-6-2-1-3-7-13/h1-8,11,17-18H,9-10H2. The number of nitrogens with one attached hydrogen (secondary N) is 1. The van der Waals surface area contributed by atoms with Crippen LogP contribution < -0.4 is 0 Å². The number of para-hydroxylation sites is 1. The van der Waals surface area contributed by atoms with Crippen LogP contribution in [-0.2, 0) is 16.3 Å². The first-order valence-corrected chi connectivity index (χ1v) is 8.13. The summed E-state index contributed by atoms with van der Waals surface area (Å²) in [7, 11) is -3.55. The maximum atomic E-state index is 12.7. The molecule has 2 N–H and O–H groups in total. The van der Waals surface area contributed by atoms with Gasteiger partial charge in [0, 0.05) is 18.2 Å². The zero-order chi connectivity index (χ0) is 14.9. The molecule has 5 heteroatoms. The van der Waals surface area contributed by atoms with Gasteiger partial charge in [-0.15, -0.1) is 0 Å². The van der Waals surface area contributed by atoms with Crippen molar-refractivity contribution in [3.63, 3.8) is 0 Å². The van der Waals surface area contributed by atoms with Gasteiger partial charge in [0.25, 0.3) is 0 Å². The van der Waals surface area contributed by atoms with E-state index in [1.165, 1.54) is 6.20 Å². The molecule has 3 aromatic rings. The average Bonchev–Trinajstić information content (AvgIpc) is 2.94. The van der Waals surface area contributed by atoms with Crippen molar-refractivity contribution in [1.29, 1.82) is 0 Å². The van der Waals surface area contributed by atoms with E-state index in [1.807, 2.05) is 12.1 Å². The van der Waals surface area contributed by atoms with E-state index < -0.39 is 9.84 Å². The second-order valence-corrected chi connectivity index (χ2v) is 6.70. The van der Waals surface area contributed by atoms with Crippen LogP contribution in [0.3, 0.4) is 0 Å². The summed E-state index contributed by atoms with van der Waals surface area (Å²) in [5.74, 6) is 0. The van der Waals surface area contributed by atoms with Gasteiger partial charge in [-0.05, 0) is 24.1 Å². The van der Waals surface area contributed by atoms with Gasteiger partial charge in [-0.2, -0.15) is 0 Å². The Hall–Kier alpha value is -2.11. The molecule has 0 saturated heterocycles. The Bertz CT molecular complexity index is 867. The van der Waals surface area contributed by atoms with Crippen LogP contribution in [0, 0.1) is 0 Å². The van der Waals surface area contributed by atoms with Crippen LogP contribution in [0.2, 0.25) is 0 Å². The summed E-state index contributed by atoms with van der Waals surface area (Å²) in [6.07, 6.45) is 2.01. The normalized spacial score (nSPS) is 11.9. The SMILES string of the molecule is O=S(=O)(c1ccccc1)c1c[nH]c2c(CCO)cccc12. The number of fused-ring (bicyclic) bond motifs is 1. The molecule has 0 aliphatic rings. The van der Waals surface area contributed by atoms with Crippen LogP contribution in [0.4, 0.5) is 0 Å². The Kier molecular flexibility index (Phi) is 3.53. The van der Waals surface area contributed by atoms with E-state index in [1.54, 1.807) is 36.4 Å². The van der Waals surface area contributed by atoms with Gasteiger partial charge in [-0.1, -0.05) is 36.4 Å². The lowest BCUT2D eigenvalue weighted by Crippen LogP contribution is -2.00. The van der Waals surface area contributed by atoms with Crippen LogP contribution in [0.25, 0.3) is 10.9 Å². The van der Waals surface area contributed by atoms with E-state index in [9.17, 15) is 8.42 Å². The zero-order valence-electron chi connectivity index (χ0n) is 11.3. The second kappa shape index (κ2) is 5.35. The van der Waals surface area contributed by atoms with Gasteiger partial charge in [0.2, 0.25) is 9.84 Å². The fourth-order valence-electron chi connectivity index (χ4n) is 2.47. The summed E-state index contributed by atoms with van der Waals surface area (Å²) in [5, 5.41) is 9.75. The molecule has 0 saturated carbocycles. The quantitative estimate of drug-likeness (QED) is 0.778. The third-order valence-electron chi connectivity index (χ3n) is 3.49. The van der Waals surface area contributed by atoms with E-state index in [4.69, 9.17) is 5.11 Å². The lowest BCUT2D eigenvalue weighted by atomic mass is 10.1. The highest BCUT2D eigenvalue weighted by atomic mass is 32.2. The molecule has 0 fully saturated rings. The number of hydrogen-bond donors (Lipinski definition) is 2.